The molecule has 7 nitrogen and oxygen atoms in total. The Labute approximate surface area is 178 Å². The molecular formula is C21H44O7S. The van der Waals surface area contributed by atoms with Crippen molar-refractivity contribution in [3.8, 4) is 0 Å². The van der Waals surface area contributed by atoms with Gasteiger partial charge in [-0.1, -0.05) is 34.6 Å². The van der Waals surface area contributed by atoms with Crippen LogP contribution in [0.1, 0.15) is 60.8 Å². The first kappa shape index (κ1) is 28.8. The fraction of sp³-hybridized carbons (Fsp3) is 1.00. The van der Waals surface area contributed by atoms with E-state index >= 15 is 0 Å². The zero-order chi connectivity index (χ0) is 22.4. The highest BCUT2D eigenvalue weighted by Gasteiger charge is 2.15. The quantitative estimate of drug-likeness (QED) is 0.249. The van der Waals surface area contributed by atoms with Crippen molar-refractivity contribution in [3.63, 3.8) is 0 Å². The second-order valence-electron chi connectivity index (χ2n) is 9.11. The summed E-state index contributed by atoms with van der Waals surface area (Å²) in [6.07, 6.45) is 2.39. The molecule has 0 aromatic carbocycles. The smallest absolute Gasteiger partial charge is 0.267 e. The van der Waals surface area contributed by atoms with Crippen LogP contribution in [0.4, 0.5) is 0 Å². The van der Waals surface area contributed by atoms with Crippen LogP contribution in [-0.4, -0.2) is 69.1 Å². The van der Waals surface area contributed by atoms with Crippen molar-refractivity contribution >= 4 is 10.1 Å². The van der Waals surface area contributed by atoms with Gasteiger partial charge in [0.1, 0.15) is 5.75 Å². The van der Waals surface area contributed by atoms with Crippen LogP contribution in [0.5, 0.6) is 0 Å². The maximum Gasteiger partial charge on any atom is 0.267 e. The maximum absolute atomic E-state index is 10.6. The first-order chi connectivity index (χ1) is 13.4. The van der Waals surface area contributed by atoms with Crippen LogP contribution < -0.4 is 0 Å². The number of aliphatic hydroxyl groups is 1. The van der Waals surface area contributed by atoms with Gasteiger partial charge in [0, 0.05) is 6.61 Å². The summed E-state index contributed by atoms with van der Waals surface area (Å²) in [4.78, 5) is 0. The van der Waals surface area contributed by atoms with Crippen LogP contribution >= 0.6 is 0 Å². The van der Waals surface area contributed by atoms with Gasteiger partial charge in [0.15, 0.2) is 0 Å². The second-order valence-corrected chi connectivity index (χ2v) is 10.6. The van der Waals surface area contributed by atoms with Crippen LogP contribution in [0.25, 0.3) is 0 Å². The topological polar surface area (TPSA) is 102 Å². The normalized spacial score (nSPS) is 17.8. The summed E-state index contributed by atoms with van der Waals surface area (Å²) in [5, 5.41) is 9.39. The lowest BCUT2D eigenvalue weighted by Gasteiger charge is -2.22. The van der Waals surface area contributed by atoms with E-state index in [-0.39, 0.29) is 19.3 Å². The van der Waals surface area contributed by atoms with E-state index in [9.17, 15) is 13.5 Å². The van der Waals surface area contributed by atoms with Gasteiger partial charge in [-0.2, -0.15) is 8.42 Å². The van der Waals surface area contributed by atoms with Crippen molar-refractivity contribution in [2.45, 2.75) is 73.0 Å². The zero-order valence-corrected chi connectivity index (χ0v) is 20.0. The molecule has 0 aliphatic rings. The Balaban J connectivity index is 3.73. The van der Waals surface area contributed by atoms with Gasteiger partial charge < -0.3 is 19.3 Å². The molecule has 0 radical (unpaired) electrons. The standard InChI is InChI=1S/C21H44O7S/c1-16(2)9-17(3)10-18(4)11-19(5)12-27-13-20(6)28-8-7-26-14-21(22)15-29(23,24)25/h16-22H,7-15H2,1-6H3,(H,23,24,25). The third-order valence-electron chi connectivity index (χ3n) is 4.58. The molecule has 29 heavy (non-hydrogen) atoms. The molecule has 0 rings (SSSR count). The monoisotopic (exact) mass is 440 g/mol. The molecule has 0 saturated heterocycles. The molecule has 0 aromatic rings. The lowest BCUT2D eigenvalue weighted by molar-refractivity contribution is -0.0436. The molecule has 8 heteroatoms. The van der Waals surface area contributed by atoms with Crippen LogP contribution in [0.15, 0.2) is 0 Å². The van der Waals surface area contributed by atoms with Gasteiger partial charge in [-0.3, -0.25) is 4.55 Å². The number of ether oxygens (including phenoxy) is 3. The van der Waals surface area contributed by atoms with Gasteiger partial charge in [-0.05, 0) is 49.9 Å². The Kier molecular flexibility index (Phi) is 15.4. The van der Waals surface area contributed by atoms with E-state index in [4.69, 9.17) is 18.8 Å². The predicted octanol–water partition coefficient (Wildman–Crippen LogP) is 3.41. The molecule has 0 saturated carbocycles. The third kappa shape index (κ3) is 19.5. The number of rotatable bonds is 18. The van der Waals surface area contributed by atoms with Crippen molar-refractivity contribution in [1.82, 2.24) is 0 Å². The molecule has 0 aliphatic carbocycles. The summed E-state index contributed by atoms with van der Waals surface area (Å²) < 4.78 is 46.3. The van der Waals surface area contributed by atoms with Gasteiger partial charge >= 0.3 is 0 Å². The van der Waals surface area contributed by atoms with E-state index in [0.29, 0.717) is 25.0 Å². The Bertz CT molecular complexity index is 495. The van der Waals surface area contributed by atoms with Gasteiger partial charge in [0.2, 0.25) is 0 Å². The molecule has 5 unspecified atom stereocenters. The van der Waals surface area contributed by atoms with E-state index in [0.717, 1.165) is 24.9 Å². The maximum atomic E-state index is 10.6. The largest absolute Gasteiger partial charge is 0.390 e. The Morgan fingerprint density at radius 3 is 1.93 bits per heavy atom. The van der Waals surface area contributed by atoms with Crippen molar-refractivity contribution in [2.24, 2.45) is 23.7 Å². The predicted molar refractivity (Wildman–Crippen MR) is 116 cm³/mol. The molecule has 5 atom stereocenters. The molecule has 176 valence electrons. The molecule has 0 aromatic heterocycles. The fourth-order valence-corrected chi connectivity index (χ4v) is 4.32. The summed E-state index contributed by atoms with van der Waals surface area (Å²) in [7, 11) is -4.19. The minimum atomic E-state index is -4.19. The van der Waals surface area contributed by atoms with Crippen LogP contribution in [0.3, 0.4) is 0 Å². The minimum Gasteiger partial charge on any atom is -0.390 e. The lowest BCUT2D eigenvalue weighted by Crippen LogP contribution is -2.26. The average Bonchev–Trinajstić information content (AvgIpc) is 2.51. The van der Waals surface area contributed by atoms with Crippen LogP contribution in [0, 0.1) is 23.7 Å². The van der Waals surface area contributed by atoms with Gasteiger partial charge in [0.05, 0.1) is 38.6 Å². The number of hydrogen-bond donors (Lipinski definition) is 2. The summed E-state index contributed by atoms with van der Waals surface area (Å²) in [5.41, 5.74) is 0. The van der Waals surface area contributed by atoms with Gasteiger partial charge in [0.25, 0.3) is 10.1 Å². The molecule has 0 aliphatic heterocycles. The summed E-state index contributed by atoms with van der Waals surface area (Å²) >= 11 is 0. The van der Waals surface area contributed by atoms with Crippen molar-refractivity contribution < 1.29 is 32.3 Å². The average molecular weight is 441 g/mol. The fourth-order valence-electron chi connectivity index (χ4n) is 3.74. The van der Waals surface area contributed by atoms with E-state index < -0.39 is 22.0 Å². The molecular weight excluding hydrogens is 396 g/mol. The molecule has 0 bridgehead atoms. The second kappa shape index (κ2) is 15.5. The van der Waals surface area contributed by atoms with E-state index in [1.807, 2.05) is 6.92 Å². The highest BCUT2D eigenvalue weighted by Crippen LogP contribution is 2.24. The lowest BCUT2D eigenvalue weighted by atomic mass is 9.86. The zero-order valence-electron chi connectivity index (χ0n) is 19.2. The van der Waals surface area contributed by atoms with E-state index in [1.165, 1.54) is 12.8 Å². The van der Waals surface area contributed by atoms with Crippen LogP contribution in [0.2, 0.25) is 0 Å². The first-order valence-electron chi connectivity index (χ1n) is 10.8. The van der Waals surface area contributed by atoms with E-state index in [1.54, 1.807) is 0 Å². The Hall–Kier alpha value is -0.250. The SMILES string of the molecule is CC(C)CC(C)CC(C)CC(C)COCC(C)OCCOCC(O)CS(=O)(=O)O. The molecule has 2 N–H and O–H groups in total. The molecule has 0 amide bonds. The summed E-state index contributed by atoms with van der Waals surface area (Å²) in [5.74, 6) is 2.00. The minimum absolute atomic E-state index is 0.0722. The molecule has 0 spiro atoms. The highest BCUT2D eigenvalue weighted by atomic mass is 32.2. The summed E-state index contributed by atoms with van der Waals surface area (Å²) in [6.45, 7) is 15.0. The van der Waals surface area contributed by atoms with Crippen molar-refractivity contribution in [3.05, 3.63) is 0 Å². The summed E-state index contributed by atoms with van der Waals surface area (Å²) in [6, 6.07) is 0. The Morgan fingerprint density at radius 2 is 1.34 bits per heavy atom. The third-order valence-corrected chi connectivity index (χ3v) is 5.39. The van der Waals surface area contributed by atoms with E-state index in [2.05, 4.69) is 34.6 Å². The number of aliphatic hydroxyl groups excluding tert-OH is 1. The highest BCUT2D eigenvalue weighted by molar-refractivity contribution is 7.85. The molecule has 0 fully saturated rings. The van der Waals surface area contributed by atoms with Gasteiger partial charge in [-0.15, -0.1) is 0 Å². The molecule has 0 heterocycles. The number of hydrogen-bond acceptors (Lipinski definition) is 6. The Morgan fingerprint density at radius 1 is 0.759 bits per heavy atom. The van der Waals surface area contributed by atoms with Crippen LogP contribution in [-0.2, 0) is 24.3 Å². The van der Waals surface area contributed by atoms with Gasteiger partial charge in [-0.25, -0.2) is 0 Å². The van der Waals surface area contributed by atoms with Crippen molar-refractivity contribution in [2.75, 3.05) is 38.8 Å². The first-order valence-corrected chi connectivity index (χ1v) is 12.4. The van der Waals surface area contributed by atoms with Crippen molar-refractivity contribution in [1.29, 1.82) is 0 Å².